The number of anilines is 1. The van der Waals surface area contributed by atoms with Gasteiger partial charge in [0, 0.05) is 23.7 Å². The number of nitrogens with one attached hydrogen (secondary N) is 1. The zero-order valence-corrected chi connectivity index (χ0v) is 21.9. The van der Waals surface area contributed by atoms with Gasteiger partial charge in [-0.1, -0.05) is 61.7 Å². The molecule has 1 amide bonds. The maximum absolute atomic E-state index is 13.5. The number of rotatable bonds is 9. The van der Waals surface area contributed by atoms with Crippen molar-refractivity contribution < 1.29 is 9.53 Å². The molecule has 37 heavy (non-hydrogen) atoms. The van der Waals surface area contributed by atoms with Gasteiger partial charge in [-0.05, 0) is 67.6 Å². The predicted octanol–water partition coefficient (Wildman–Crippen LogP) is 7.03. The second-order valence-electron chi connectivity index (χ2n) is 9.81. The SMILES string of the molecule is CCC(CCNC(=O)C1(c2ccc(Cl)cc2)CCCC1)n1c(N)nc2ccc(Oc3ccccc3)cc21. The largest absolute Gasteiger partial charge is 0.457 e. The summed E-state index contributed by atoms with van der Waals surface area (Å²) in [5.74, 6) is 2.08. The van der Waals surface area contributed by atoms with Crippen molar-refractivity contribution >= 4 is 34.5 Å². The van der Waals surface area contributed by atoms with Crippen LogP contribution >= 0.6 is 11.6 Å². The highest BCUT2D eigenvalue weighted by atomic mass is 35.5. The summed E-state index contributed by atoms with van der Waals surface area (Å²) in [6.07, 6.45) is 5.44. The molecule has 7 heteroatoms. The Morgan fingerprint density at radius 1 is 1.08 bits per heavy atom. The summed E-state index contributed by atoms with van der Waals surface area (Å²) in [6, 6.07) is 23.4. The average molecular weight is 517 g/mol. The Labute approximate surface area is 222 Å². The Morgan fingerprint density at radius 3 is 2.51 bits per heavy atom. The zero-order valence-electron chi connectivity index (χ0n) is 21.1. The highest BCUT2D eigenvalue weighted by Gasteiger charge is 2.42. The molecular weight excluding hydrogens is 484 g/mol. The number of halogens is 1. The molecule has 3 N–H and O–H groups in total. The molecule has 192 valence electrons. The third kappa shape index (κ3) is 5.16. The molecule has 0 radical (unpaired) electrons. The van der Waals surface area contributed by atoms with Gasteiger partial charge >= 0.3 is 0 Å². The molecular formula is C30H33ClN4O2. The fourth-order valence-corrected chi connectivity index (χ4v) is 5.72. The number of nitrogens with two attached hydrogens (primary N) is 1. The van der Waals surface area contributed by atoms with Gasteiger partial charge in [-0.25, -0.2) is 4.98 Å². The maximum atomic E-state index is 13.5. The van der Waals surface area contributed by atoms with E-state index >= 15 is 0 Å². The van der Waals surface area contributed by atoms with Crippen molar-refractivity contribution in [2.24, 2.45) is 0 Å². The monoisotopic (exact) mass is 516 g/mol. The first-order chi connectivity index (χ1) is 18.0. The van der Waals surface area contributed by atoms with Crippen molar-refractivity contribution in [3.05, 3.63) is 83.4 Å². The Hall–Kier alpha value is -3.51. The highest BCUT2D eigenvalue weighted by Crippen LogP contribution is 2.42. The van der Waals surface area contributed by atoms with E-state index in [0.29, 0.717) is 17.5 Å². The molecule has 6 nitrogen and oxygen atoms in total. The average Bonchev–Trinajstić information content (AvgIpc) is 3.53. The number of carbonyl (C=O) groups excluding carboxylic acids is 1. The minimum absolute atomic E-state index is 0.0901. The second-order valence-corrected chi connectivity index (χ2v) is 10.2. The summed E-state index contributed by atoms with van der Waals surface area (Å²) >= 11 is 6.10. The van der Waals surface area contributed by atoms with Gasteiger partial charge in [-0.2, -0.15) is 0 Å². The van der Waals surface area contributed by atoms with Gasteiger partial charge in [0.1, 0.15) is 11.5 Å². The molecule has 1 heterocycles. The van der Waals surface area contributed by atoms with E-state index < -0.39 is 5.41 Å². The van der Waals surface area contributed by atoms with E-state index in [2.05, 4.69) is 21.8 Å². The second kappa shape index (κ2) is 10.9. The van der Waals surface area contributed by atoms with Crippen molar-refractivity contribution in [3.8, 4) is 11.5 Å². The first kappa shape index (κ1) is 25.2. The number of para-hydroxylation sites is 1. The normalized spacial score (nSPS) is 15.5. The van der Waals surface area contributed by atoms with E-state index in [4.69, 9.17) is 22.1 Å². The Kier molecular flexibility index (Phi) is 7.38. The number of nitrogens with zero attached hydrogens (tertiary/aromatic N) is 2. The van der Waals surface area contributed by atoms with Gasteiger partial charge in [0.05, 0.1) is 16.4 Å². The maximum Gasteiger partial charge on any atom is 0.230 e. The lowest BCUT2D eigenvalue weighted by Gasteiger charge is -2.29. The van der Waals surface area contributed by atoms with Crippen LogP contribution in [0.5, 0.6) is 11.5 Å². The minimum Gasteiger partial charge on any atom is -0.457 e. The van der Waals surface area contributed by atoms with Crippen LogP contribution in [0.25, 0.3) is 11.0 Å². The van der Waals surface area contributed by atoms with Gasteiger partial charge in [-0.3, -0.25) is 4.79 Å². The smallest absolute Gasteiger partial charge is 0.230 e. The van der Waals surface area contributed by atoms with Gasteiger partial charge in [-0.15, -0.1) is 0 Å². The highest BCUT2D eigenvalue weighted by molar-refractivity contribution is 6.30. The molecule has 1 saturated carbocycles. The van der Waals surface area contributed by atoms with Crippen molar-refractivity contribution in [3.63, 3.8) is 0 Å². The molecule has 1 aromatic heterocycles. The quantitative estimate of drug-likeness (QED) is 0.250. The fourth-order valence-electron chi connectivity index (χ4n) is 5.59. The molecule has 4 aromatic rings. The summed E-state index contributed by atoms with van der Waals surface area (Å²) in [5.41, 5.74) is 8.72. The summed E-state index contributed by atoms with van der Waals surface area (Å²) < 4.78 is 8.12. The van der Waals surface area contributed by atoms with Crippen LogP contribution < -0.4 is 15.8 Å². The van der Waals surface area contributed by atoms with Crippen LogP contribution in [0.15, 0.2) is 72.8 Å². The number of carbonyl (C=O) groups is 1. The fraction of sp³-hybridized carbons (Fsp3) is 0.333. The third-order valence-electron chi connectivity index (χ3n) is 7.56. The van der Waals surface area contributed by atoms with Crippen LogP contribution in [0.1, 0.15) is 57.1 Å². The molecule has 0 bridgehead atoms. The number of nitrogen functional groups attached to an aromatic ring is 1. The summed E-state index contributed by atoms with van der Waals surface area (Å²) in [4.78, 5) is 18.1. The van der Waals surface area contributed by atoms with E-state index in [1.54, 1.807) is 0 Å². The van der Waals surface area contributed by atoms with E-state index in [-0.39, 0.29) is 11.9 Å². The predicted molar refractivity (Wildman–Crippen MR) is 149 cm³/mol. The summed E-state index contributed by atoms with van der Waals surface area (Å²) in [6.45, 7) is 2.69. The molecule has 0 saturated heterocycles. The Morgan fingerprint density at radius 2 is 1.81 bits per heavy atom. The first-order valence-corrected chi connectivity index (χ1v) is 13.4. The molecule has 3 aromatic carbocycles. The van der Waals surface area contributed by atoms with Crippen LogP contribution in [0.4, 0.5) is 5.95 Å². The van der Waals surface area contributed by atoms with Crippen LogP contribution in [0.2, 0.25) is 5.02 Å². The molecule has 5 rings (SSSR count). The van der Waals surface area contributed by atoms with Crippen molar-refractivity contribution in [1.29, 1.82) is 0 Å². The van der Waals surface area contributed by atoms with Crippen LogP contribution in [-0.2, 0) is 10.2 Å². The van der Waals surface area contributed by atoms with Crippen LogP contribution in [-0.4, -0.2) is 22.0 Å². The van der Waals surface area contributed by atoms with Crippen molar-refractivity contribution in [2.75, 3.05) is 12.3 Å². The van der Waals surface area contributed by atoms with Gasteiger partial charge < -0.3 is 20.4 Å². The lowest BCUT2D eigenvalue weighted by molar-refractivity contribution is -0.126. The minimum atomic E-state index is -0.475. The number of ether oxygens (including phenoxy) is 1. The van der Waals surface area contributed by atoms with E-state index in [9.17, 15) is 4.79 Å². The molecule has 1 fully saturated rings. The Balaban J connectivity index is 1.31. The zero-order chi connectivity index (χ0) is 25.8. The molecule has 0 spiro atoms. The lowest BCUT2D eigenvalue weighted by Crippen LogP contribution is -2.43. The van der Waals surface area contributed by atoms with Gasteiger partial charge in [0.15, 0.2) is 0 Å². The number of benzene rings is 3. The number of fused-ring (bicyclic) bond motifs is 1. The van der Waals surface area contributed by atoms with E-state index in [0.717, 1.165) is 66.6 Å². The molecule has 1 aliphatic carbocycles. The number of imidazole rings is 1. The molecule has 1 unspecified atom stereocenters. The van der Waals surface area contributed by atoms with Crippen LogP contribution in [0, 0.1) is 0 Å². The number of amides is 1. The topological polar surface area (TPSA) is 82.2 Å². The van der Waals surface area contributed by atoms with Gasteiger partial charge in [0.25, 0.3) is 0 Å². The summed E-state index contributed by atoms with van der Waals surface area (Å²) in [5, 5.41) is 3.93. The van der Waals surface area contributed by atoms with Crippen LogP contribution in [0.3, 0.4) is 0 Å². The van der Waals surface area contributed by atoms with Gasteiger partial charge in [0.2, 0.25) is 11.9 Å². The lowest BCUT2D eigenvalue weighted by atomic mass is 9.78. The molecule has 1 aliphatic rings. The molecule has 1 atom stereocenters. The number of hydrogen-bond donors (Lipinski definition) is 2. The third-order valence-corrected chi connectivity index (χ3v) is 7.81. The molecule has 0 aliphatic heterocycles. The van der Waals surface area contributed by atoms with E-state index in [1.807, 2.05) is 72.8 Å². The summed E-state index contributed by atoms with van der Waals surface area (Å²) in [7, 11) is 0. The standard InChI is InChI=1S/C30H33ClN4O2/c1-2-23(16-19-33-28(36)30(17-6-7-18-30)21-10-12-22(31)13-11-21)35-27-20-25(14-15-26(27)34-29(35)32)37-24-8-4-3-5-9-24/h3-5,8-15,20,23H,2,6-7,16-19H2,1H3,(H2,32,34)(H,33,36). The number of aromatic nitrogens is 2. The van der Waals surface area contributed by atoms with Crippen molar-refractivity contribution in [2.45, 2.75) is 56.9 Å². The number of hydrogen-bond acceptors (Lipinski definition) is 4. The van der Waals surface area contributed by atoms with Crippen molar-refractivity contribution in [1.82, 2.24) is 14.9 Å². The van der Waals surface area contributed by atoms with E-state index in [1.165, 1.54) is 0 Å². The first-order valence-electron chi connectivity index (χ1n) is 13.0. The Bertz CT molecular complexity index is 1360.